The highest BCUT2D eigenvalue weighted by Gasteiger charge is 2.45. The van der Waals surface area contributed by atoms with E-state index in [1.165, 1.54) is 18.7 Å². The van der Waals surface area contributed by atoms with E-state index in [0.717, 1.165) is 7.05 Å². The molecule has 0 N–H and O–H groups in total. The molecule has 1 rings (SSSR count). The molecule has 0 aromatic carbocycles. The Morgan fingerprint density at radius 2 is 1.54 bits per heavy atom. The second-order valence-electron chi connectivity index (χ2n) is 6.18. The van der Waals surface area contributed by atoms with E-state index in [0.29, 0.717) is 0 Å². The van der Waals surface area contributed by atoms with Gasteiger partial charge in [-0.2, -0.15) is 26.3 Å². The maximum absolute atomic E-state index is 13.5. The summed E-state index contributed by atoms with van der Waals surface area (Å²) in [6.45, 7) is 2.70. The molecule has 0 saturated carbocycles. The van der Waals surface area contributed by atoms with Gasteiger partial charge in [-0.05, 0) is 32.0 Å². The summed E-state index contributed by atoms with van der Waals surface area (Å²) in [5.74, 6) is -0.860. The van der Waals surface area contributed by atoms with Crippen LogP contribution in [0.5, 0.6) is 0 Å². The number of hydrogen-bond donors (Lipinski definition) is 0. The van der Waals surface area contributed by atoms with Crippen LogP contribution in [0.1, 0.15) is 42.1 Å². The highest BCUT2D eigenvalue weighted by Crippen LogP contribution is 2.41. The van der Waals surface area contributed by atoms with Crippen molar-refractivity contribution < 1.29 is 26.3 Å². The molecule has 0 unspecified atom stereocenters. The number of pyridine rings is 1. The lowest BCUT2D eigenvalue weighted by Crippen LogP contribution is -2.36. The first-order chi connectivity index (χ1) is 10.7. The lowest BCUT2D eigenvalue weighted by atomic mass is 9.91. The number of halogens is 6. The molecule has 0 radical (unpaired) electrons. The summed E-state index contributed by atoms with van der Waals surface area (Å²) < 4.78 is 81.0. The zero-order valence-corrected chi connectivity index (χ0v) is 14.1. The van der Waals surface area contributed by atoms with Crippen molar-refractivity contribution in [3.05, 3.63) is 32.7 Å². The minimum atomic E-state index is -5.06. The van der Waals surface area contributed by atoms with Gasteiger partial charge in [0.15, 0.2) is 0 Å². The fourth-order valence-electron chi connectivity index (χ4n) is 2.67. The first-order valence-electron chi connectivity index (χ1n) is 7.24. The first kappa shape index (κ1) is 20.5. The average molecular weight is 358 g/mol. The molecule has 24 heavy (non-hydrogen) atoms. The van der Waals surface area contributed by atoms with Gasteiger partial charge in [-0.3, -0.25) is 4.79 Å². The Balaban J connectivity index is 3.99. The number of rotatable bonds is 4. The van der Waals surface area contributed by atoms with Crippen molar-refractivity contribution in [1.29, 1.82) is 0 Å². The lowest BCUT2D eigenvalue weighted by molar-refractivity contribution is -0.149. The summed E-state index contributed by atoms with van der Waals surface area (Å²) in [6, 6.07) is 0. The Labute approximate surface area is 135 Å². The summed E-state index contributed by atoms with van der Waals surface area (Å²) in [4.78, 5) is 13.7. The van der Waals surface area contributed by atoms with Crippen molar-refractivity contribution in [2.75, 3.05) is 20.6 Å². The second-order valence-corrected chi connectivity index (χ2v) is 6.18. The zero-order chi connectivity index (χ0) is 19.0. The largest absolute Gasteiger partial charge is 0.431 e. The van der Waals surface area contributed by atoms with Crippen LogP contribution in [0.3, 0.4) is 0 Å². The van der Waals surface area contributed by atoms with E-state index in [-0.39, 0.29) is 11.1 Å². The van der Waals surface area contributed by atoms with E-state index >= 15 is 0 Å². The van der Waals surface area contributed by atoms with Crippen LogP contribution in [0, 0.1) is 0 Å². The fourth-order valence-corrected chi connectivity index (χ4v) is 2.67. The second kappa shape index (κ2) is 6.78. The molecular weight excluding hydrogens is 338 g/mol. The van der Waals surface area contributed by atoms with Gasteiger partial charge in [0.2, 0.25) is 0 Å². The quantitative estimate of drug-likeness (QED) is 0.768. The monoisotopic (exact) mass is 358 g/mol. The molecule has 0 aliphatic rings. The fraction of sp³-hybridized carbons (Fsp3) is 0.667. The number of likely N-dealkylation sites (N-methyl/N-ethyl adjacent to an activating group) is 1. The van der Waals surface area contributed by atoms with Crippen LogP contribution in [0.2, 0.25) is 0 Å². The average Bonchev–Trinajstić information content (AvgIpc) is 2.35. The maximum Gasteiger partial charge on any atom is 0.431 e. The van der Waals surface area contributed by atoms with Crippen molar-refractivity contribution in [2.45, 2.75) is 38.5 Å². The third-order valence-electron chi connectivity index (χ3n) is 3.67. The molecular formula is C15H20F6N2O. The molecule has 0 fully saturated rings. The Morgan fingerprint density at radius 3 is 1.88 bits per heavy atom. The van der Waals surface area contributed by atoms with E-state index < -0.39 is 52.6 Å². The van der Waals surface area contributed by atoms with Crippen LogP contribution in [0.4, 0.5) is 26.3 Å². The summed E-state index contributed by atoms with van der Waals surface area (Å²) in [7, 11) is 3.95. The Kier molecular flexibility index (Phi) is 5.80. The highest BCUT2D eigenvalue weighted by atomic mass is 19.4. The van der Waals surface area contributed by atoms with E-state index in [1.54, 1.807) is 14.1 Å². The molecule has 0 amide bonds. The molecule has 1 heterocycles. The molecule has 0 aliphatic carbocycles. The van der Waals surface area contributed by atoms with E-state index in [9.17, 15) is 31.1 Å². The van der Waals surface area contributed by atoms with Crippen molar-refractivity contribution in [3.8, 4) is 0 Å². The van der Waals surface area contributed by atoms with Crippen LogP contribution in [-0.4, -0.2) is 30.1 Å². The predicted molar refractivity (Wildman–Crippen MR) is 78.0 cm³/mol. The summed E-state index contributed by atoms with van der Waals surface area (Å²) in [6.07, 6.45) is -10.6. The summed E-state index contributed by atoms with van der Waals surface area (Å²) >= 11 is 0. The third-order valence-corrected chi connectivity index (χ3v) is 3.67. The van der Waals surface area contributed by atoms with Gasteiger partial charge in [-0.15, -0.1) is 0 Å². The van der Waals surface area contributed by atoms with Crippen LogP contribution in [0.25, 0.3) is 0 Å². The molecule has 0 aliphatic heterocycles. The molecule has 0 saturated heterocycles. The first-order valence-corrected chi connectivity index (χ1v) is 7.24. The van der Waals surface area contributed by atoms with Crippen molar-refractivity contribution in [1.82, 2.24) is 9.47 Å². The van der Waals surface area contributed by atoms with Crippen molar-refractivity contribution in [2.24, 2.45) is 7.05 Å². The minimum Gasteiger partial charge on any atom is -0.309 e. The summed E-state index contributed by atoms with van der Waals surface area (Å²) in [5, 5.41) is 0. The Morgan fingerprint density at radius 1 is 1.04 bits per heavy atom. The number of nitrogens with zero attached hydrogens (tertiary/aromatic N) is 2. The molecule has 138 valence electrons. The molecule has 1 aromatic rings. The van der Waals surface area contributed by atoms with E-state index in [1.807, 2.05) is 0 Å². The topological polar surface area (TPSA) is 25.2 Å². The van der Waals surface area contributed by atoms with Gasteiger partial charge in [0.25, 0.3) is 5.56 Å². The van der Waals surface area contributed by atoms with Gasteiger partial charge < -0.3 is 9.47 Å². The molecule has 0 atom stereocenters. The van der Waals surface area contributed by atoms with Crippen LogP contribution < -0.4 is 5.56 Å². The van der Waals surface area contributed by atoms with E-state index in [2.05, 4.69) is 0 Å². The maximum atomic E-state index is 13.5. The normalized spacial score (nSPS) is 13.2. The van der Waals surface area contributed by atoms with Gasteiger partial charge in [0, 0.05) is 19.2 Å². The summed E-state index contributed by atoms with van der Waals surface area (Å²) in [5.41, 5.74) is -5.76. The number of hydrogen-bond acceptors (Lipinski definition) is 2. The SMILES string of the molecule is CC(C)c1c(C(F)(F)F)c(CCN(C)C)c(C(F)(F)F)n(C)c1=O. The van der Waals surface area contributed by atoms with Crippen LogP contribution >= 0.6 is 0 Å². The van der Waals surface area contributed by atoms with E-state index in [4.69, 9.17) is 0 Å². The van der Waals surface area contributed by atoms with Gasteiger partial charge in [-0.25, -0.2) is 0 Å². The van der Waals surface area contributed by atoms with Gasteiger partial charge in [0.1, 0.15) is 5.69 Å². The van der Waals surface area contributed by atoms with Gasteiger partial charge in [-0.1, -0.05) is 13.8 Å². The Hall–Kier alpha value is -1.51. The van der Waals surface area contributed by atoms with Crippen LogP contribution in [-0.2, 0) is 25.8 Å². The standard InChI is InChI=1S/C15H20F6N2O/c1-8(2)10-11(14(16,17)18)9(6-7-22(3)4)12(15(19,20)21)23(5)13(10)24/h8H,6-7H2,1-5H3. The van der Waals surface area contributed by atoms with Gasteiger partial charge in [0.05, 0.1) is 5.56 Å². The molecule has 1 aromatic heterocycles. The Bertz CT molecular complexity index is 656. The molecule has 9 heteroatoms. The molecule has 0 spiro atoms. The molecule has 3 nitrogen and oxygen atoms in total. The zero-order valence-electron chi connectivity index (χ0n) is 14.1. The highest BCUT2D eigenvalue weighted by molar-refractivity contribution is 5.42. The number of aromatic nitrogens is 1. The predicted octanol–water partition coefficient (Wildman–Crippen LogP) is 3.65. The molecule has 0 bridgehead atoms. The minimum absolute atomic E-state index is 0.0120. The number of alkyl halides is 6. The smallest absolute Gasteiger partial charge is 0.309 e. The third kappa shape index (κ3) is 4.12. The van der Waals surface area contributed by atoms with Crippen LogP contribution in [0.15, 0.2) is 4.79 Å². The lowest BCUT2D eigenvalue weighted by Gasteiger charge is -2.26. The van der Waals surface area contributed by atoms with Crippen molar-refractivity contribution >= 4 is 0 Å². The van der Waals surface area contributed by atoms with Crippen molar-refractivity contribution in [3.63, 3.8) is 0 Å². The van der Waals surface area contributed by atoms with Gasteiger partial charge >= 0.3 is 12.4 Å².